The molecule has 2 N–H and O–H groups in total. The van der Waals surface area contributed by atoms with Crippen LogP contribution in [-0.4, -0.2) is 31.5 Å². The van der Waals surface area contributed by atoms with Gasteiger partial charge in [0.15, 0.2) is 0 Å². The molecule has 0 unspecified atom stereocenters. The number of hydrogen-bond acceptors (Lipinski definition) is 5. The Kier molecular flexibility index (Phi) is 4.08. The van der Waals surface area contributed by atoms with Crippen molar-refractivity contribution in [2.24, 2.45) is 5.73 Å². The molecule has 1 heterocycles. The van der Waals surface area contributed by atoms with Crippen LogP contribution < -0.4 is 10.0 Å². The van der Waals surface area contributed by atoms with Crippen LogP contribution in [0.4, 0.5) is 5.95 Å². The Hall–Kier alpha value is -1.99. The zero-order valence-corrected chi connectivity index (χ0v) is 11.0. The molecule has 0 amide bonds. The van der Waals surface area contributed by atoms with E-state index in [4.69, 9.17) is 5.73 Å². The van der Waals surface area contributed by atoms with Crippen LogP contribution in [0.15, 0.2) is 53.7 Å². The standard InChI is InChI=1S/C12H14N4O2S/c13-7-10-16(12-14-8-4-9-15-12)19(17,18)11-5-2-1-3-6-11/h1-6,8-9H,7,10,13H2. The third-order valence-corrected chi connectivity index (χ3v) is 4.23. The summed E-state index contributed by atoms with van der Waals surface area (Å²) in [6, 6.07) is 9.77. The maximum atomic E-state index is 12.5. The van der Waals surface area contributed by atoms with Crippen LogP contribution in [0.5, 0.6) is 0 Å². The highest BCUT2D eigenvalue weighted by molar-refractivity contribution is 7.92. The second-order valence-electron chi connectivity index (χ2n) is 3.73. The molecule has 0 saturated carbocycles. The minimum absolute atomic E-state index is 0.122. The van der Waals surface area contributed by atoms with E-state index in [9.17, 15) is 8.42 Å². The smallest absolute Gasteiger partial charge is 0.266 e. The lowest BCUT2D eigenvalue weighted by Crippen LogP contribution is -2.36. The quantitative estimate of drug-likeness (QED) is 0.866. The van der Waals surface area contributed by atoms with E-state index >= 15 is 0 Å². The molecule has 100 valence electrons. The Morgan fingerprint density at radius 1 is 1.05 bits per heavy atom. The van der Waals surface area contributed by atoms with E-state index in [0.717, 1.165) is 4.31 Å². The molecule has 0 aliphatic carbocycles. The molecule has 0 aliphatic rings. The number of nitrogens with zero attached hydrogens (tertiary/aromatic N) is 3. The van der Waals surface area contributed by atoms with E-state index in [1.807, 2.05) is 0 Å². The summed E-state index contributed by atoms with van der Waals surface area (Å²) in [6.45, 7) is 0.311. The number of anilines is 1. The summed E-state index contributed by atoms with van der Waals surface area (Å²) >= 11 is 0. The first-order valence-corrected chi connectivity index (χ1v) is 7.15. The lowest BCUT2D eigenvalue weighted by atomic mass is 10.4. The summed E-state index contributed by atoms with van der Waals surface area (Å²) < 4.78 is 26.1. The van der Waals surface area contributed by atoms with E-state index in [0.29, 0.717) is 0 Å². The molecule has 1 aromatic heterocycles. The lowest BCUT2D eigenvalue weighted by Gasteiger charge is -2.21. The topological polar surface area (TPSA) is 89.2 Å². The van der Waals surface area contributed by atoms with Crippen molar-refractivity contribution in [2.45, 2.75) is 4.90 Å². The first-order chi connectivity index (χ1) is 9.16. The molecule has 2 aromatic rings. The highest BCUT2D eigenvalue weighted by Crippen LogP contribution is 2.18. The summed E-state index contributed by atoms with van der Waals surface area (Å²) in [5.41, 5.74) is 5.48. The third-order valence-electron chi connectivity index (χ3n) is 2.44. The highest BCUT2D eigenvalue weighted by Gasteiger charge is 2.25. The van der Waals surface area contributed by atoms with Gasteiger partial charge in [0.1, 0.15) is 0 Å². The van der Waals surface area contributed by atoms with Crippen LogP contribution in [0.1, 0.15) is 0 Å². The molecule has 0 radical (unpaired) electrons. The predicted octanol–water partition coefficient (Wildman–Crippen LogP) is 0.631. The largest absolute Gasteiger partial charge is 0.329 e. The molecular weight excluding hydrogens is 264 g/mol. The Bertz CT molecular complexity index is 617. The third kappa shape index (κ3) is 2.88. The molecule has 19 heavy (non-hydrogen) atoms. The number of sulfonamides is 1. The van der Waals surface area contributed by atoms with E-state index in [-0.39, 0.29) is 23.9 Å². The average molecular weight is 278 g/mol. The van der Waals surface area contributed by atoms with Crippen molar-refractivity contribution in [3.63, 3.8) is 0 Å². The van der Waals surface area contributed by atoms with Crippen LogP contribution in [0.2, 0.25) is 0 Å². The van der Waals surface area contributed by atoms with E-state index < -0.39 is 10.0 Å². The minimum atomic E-state index is -3.69. The molecule has 0 fully saturated rings. The van der Waals surface area contributed by atoms with Crippen molar-refractivity contribution in [2.75, 3.05) is 17.4 Å². The second kappa shape index (κ2) is 5.77. The van der Waals surface area contributed by atoms with Crippen molar-refractivity contribution in [1.82, 2.24) is 9.97 Å². The normalized spacial score (nSPS) is 11.2. The van der Waals surface area contributed by atoms with Gasteiger partial charge in [-0.3, -0.25) is 0 Å². The monoisotopic (exact) mass is 278 g/mol. The molecule has 0 saturated heterocycles. The van der Waals surface area contributed by atoms with Crippen molar-refractivity contribution in [3.8, 4) is 0 Å². The van der Waals surface area contributed by atoms with E-state index in [2.05, 4.69) is 9.97 Å². The molecule has 0 aliphatic heterocycles. The van der Waals surface area contributed by atoms with Crippen LogP contribution >= 0.6 is 0 Å². The van der Waals surface area contributed by atoms with Crippen molar-refractivity contribution in [1.29, 1.82) is 0 Å². The molecule has 1 aromatic carbocycles. The lowest BCUT2D eigenvalue weighted by molar-refractivity contribution is 0.589. The van der Waals surface area contributed by atoms with Gasteiger partial charge in [-0.05, 0) is 18.2 Å². The SMILES string of the molecule is NCCN(c1ncccn1)S(=O)(=O)c1ccccc1. The molecule has 2 rings (SSSR count). The average Bonchev–Trinajstić information content (AvgIpc) is 2.46. The van der Waals surface area contributed by atoms with Crippen LogP contribution in [-0.2, 0) is 10.0 Å². The van der Waals surface area contributed by atoms with E-state index in [1.165, 1.54) is 24.5 Å². The zero-order chi connectivity index (χ0) is 13.7. The summed E-state index contributed by atoms with van der Waals surface area (Å²) in [7, 11) is -3.69. The Morgan fingerprint density at radius 3 is 2.26 bits per heavy atom. The molecule has 0 spiro atoms. The van der Waals surface area contributed by atoms with Gasteiger partial charge in [-0.15, -0.1) is 0 Å². The fourth-order valence-electron chi connectivity index (χ4n) is 1.58. The van der Waals surface area contributed by atoms with Crippen molar-refractivity contribution in [3.05, 3.63) is 48.8 Å². The maximum absolute atomic E-state index is 12.5. The number of aromatic nitrogens is 2. The zero-order valence-electron chi connectivity index (χ0n) is 10.2. The molecular formula is C12H14N4O2S. The maximum Gasteiger partial charge on any atom is 0.266 e. The first-order valence-electron chi connectivity index (χ1n) is 5.71. The van der Waals surface area contributed by atoms with E-state index in [1.54, 1.807) is 24.3 Å². The van der Waals surface area contributed by atoms with Crippen molar-refractivity contribution < 1.29 is 8.42 Å². The fourth-order valence-corrected chi connectivity index (χ4v) is 3.00. The van der Waals surface area contributed by atoms with Crippen molar-refractivity contribution >= 4 is 16.0 Å². The highest BCUT2D eigenvalue weighted by atomic mass is 32.2. The van der Waals surface area contributed by atoms with Gasteiger partial charge < -0.3 is 5.73 Å². The minimum Gasteiger partial charge on any atom is -0.329 e. The van der Waals surface area contributed by atoms with Gasteiger partial charge in [-0.2, -0.15) is 0 Å². The molecule has 6 nitrogen and oxygen atoms in total. The Morgan fingerprint density at radius 2 is 1.68 bits per heavy atom. The molecule has 0 bridgehead atoms. The van der Waals surface area contributed by atoms with Gasteiger partial charge in [0, 0.05) is 25.5 Å². The Labute approximate surface area is 112 Å². The van der Waals surface area contributed by atoms with Crippen LogP contribution in [0.3, 0.4) is 0 Å². The van der Waals surface area contributed by atoms with Gasteiger partial charge in [0.25, 0.3) is 10.0 Å². The van der Waals surface area contributed by atoms with Gasteiger partial charge in [0.2, 0.25) is 5.95 Å². The molecule has 7 heteroatoms. The number of hydrogen-bond donors (Lipinski definition) is 1. The number of benzene rings is 1. The summed E-state index contributed by atoms with van der Waals surface area (Å²) in [5, 5.41) is 0. The van der Waals surface area contributed by atoms with Gasteiger partial charge in [0.05, 0.1) is 4.90 Å². The van der Waals surface area contributed by atoms with Crippen LogP contribution in [0.25, 0.3) is 0 Å². The number of nitrogens with two attached hydrogens (primary N) is 1. The fraction of sp³-hybridized carbons (Fsp3) is 0.167. The summed E-state index contributed by atoms with van der Waals surface area (Å²) in [6.07, 6.45) is 2.98. The van der Waals surface area contributed by atoms with Gasteiger partial charge >= 0.3 is 0 Å². The first kappa shape index (κ1) is 13.4. The second-order valence-corrected chi connectivity index (χ2v) is 5.59. The van der Waals surface area contributed by atoms with Gasteiger partial charge in [-0.1, -0.05) is 18.2 Å². The Balaban J connectivity index is 2.45. The summed E-state index contributed by atoms with van der Waals surface area (Å²) in [5.74, 6) is 0.122. The molecule has 0 atom stereocenters. The predicted molar refractivity (Wildman–Crippen MR) is 72.1 cm³/mol. The van der Waals surface area contributed by atoms with Crippen LogP contribution in [0, 0.1) is 0 Å². The van der Waals surface area contributed by atoms with Gasteiger partial charge in [-0.25, -0.2) is 22.7 Å². The summed E-state index contributed by atoms with van der Waals surface area (Å²) in [4.78, 5) is 8.13. The number of rotatable bonds is 5.